The van der Waals surface area contributed by atoms with E-state index in [0.717, 1.165) is 41.7 Å². The molecular formula is C17H20ClN5S. The van der Waals surface area contributed by atoms with Crippen molar-refractivity contribution in [1.82, 2.24) is 15.0 Å². The standard InChI is InChI=1S/C15H14ClN5S.C2H6/c16-8-1-3-11-10(5-8)14(19-7-18-11)20-9-2-4-12-13(6-9)22-15(17)21-12;1-2/h1,3,5,7,9H,2,4,6H2,(H2,17,21)(H,18,19,20);1-2H3. The number of aryl methyl sites for hydroxylation is 1. The molecule has 2 heterocycles. The molecule has 5 nitrogen and oxygen atoms in total. The summed E-state index contributed by atoms with van der Waals surface area (Å²) in [7, 11) is 0. The summed E-state index contributed by atoms with van der Waals surface area (Å²) in [5.41, 5.74) is 7.84. The summed E-state index contributed by atoms with van der Waals surface area (Å²) >= 11 is 7.68. The number of nitrogens with zero attached hydrogens (tertiary/aromatic N) is 3. The lowest BCUT2D eigenvalue weighted by Gasteiger charge is -2.23. The van der Waals surface area contributed by atoms with Crippen LogP contribution in [0.1, 0.15) is 30.8 Å². The van der Waals surface area contributed by atoms with Gasteiger partial charge >= 0.3 is 0 Å². The minimum atomic E-state index is 0.324. The van der Waals surface area contributed by atoms with Crippen molar-refractivity contribution in [1.29, 1.82) is 0 Å². The first-order chi connectivity index (χ1) is 11.7. The third-order valence-corrected chi connectivity index (χ3v) is 5.08. The molecule has 1 aliphatic rings. The van der Waals surface area contributed by atoms with Crippen molar-refractivity contribution in [2.75, 3.05) is 11.1 Å². The van der Waals surface area contributed by atoms with Crippen LogP contribution < -0.4 is 11.1 Å². The van der Waals surface area contributed by atoms with Gasteiger partial charge in [0.25, 0.3) is 0 Å². The highest BCUT2D eigenvalue weighted by atomic mass is 35.5. The number of nitrogens with two attached hydrogens (primary N) is 1. The van der Waals surface area contributed by atoms with Crippen LogP contribution in [0.4, 0.5) is 10.9 Å². The van der Waals surface area contributed by atoms with Crippen LogP contribution in [-0.4, -0.2) is 21.0 Å². The third-order valence-electron chi connectivity index (χ3n) is 3.89. The maximum atomic E-state index is 6.10. The predicted molar refractivity (Wildman–Crippen MR) is 102 cm³/mol. The molecule has 0 saturated carbocycles. The van der Waals surface area contributed by atoms with Gasteiger partial charge in [0.15, 0.2) is 5.13 Å². The van der Waals surface area contributed by atoms with E-state index in [1.165, 1.54) is 4.88 Å². The largest absolute Gasteiger partial charge is 0.375 e. The molecule has 0 aliphatic heterocycles. The van der Waals surface area contributed by atoms with Crippen molar-refractivity contribution in [3.63, 3.8) is 0 Å². The van der Waals surface area contributed by atoms with Gasteiger partial charge in [0.05, 0.1) is 11.2 Å². The van der Waals surface area contributed by atoms with Crippen molar-refractivity contribution in [3.8, 4) is 0 Å². The number of rotatable bonds is 2. The maximum absolute atomic E-state index is 6.10. The average molecular weight is 362 g/mol. The Morgan fingerprint density at radius 2 is 2.12 bits per heavy atom. The van der Waals surface area contributed by atoms with Crippen LogP contribution in [0.15, 0.2) is 24.5 Å². The molecule has 0 spiro atoms. The molecule has 1 aliphatic carbocycles. The smallest absolute Gasteiger partial charge is 0.180 e. The van der Waals surface area contributed by atoms with Crippen molar-refractivity contribution in [3.05, 3.63) is 40.1 Å². The van der Waals surface area contributed by atoms with Crippen LogP contribution in [0.25, 0.3) is 10.9 Å². The number of halogens is 1. The number of aromatic nitrogens is 3. The van der Waals surface area contributed by atoms with E-state index in [2.05, 4.69) is 20.3 Å². The van der Waals surface area contributed by atoms with Crippen molar-refractivity contribution in [2.45, 2.75) is 39.2 Å². The first-order valence-corrected chi connectivity index (χ1v) is 9.29. The monoisotopic (exact) mass is 361 g/mol. The molecule has 3 aromatic rings. The van der Waals surface area contributed by atoms with E-state index in [1.54, 1.807) is 17.7 Å². The van der Waals surface area contributed by atoms with Crippen LogP contribution in [0.3, 0.4) is 0 Å². The van der Waals surface area contributed by atoms with Gasteiger partial charge in [-0.3, -0.25) is 0 Å². The molecule has 24 heavy (non-hydrogen) atoms. The molecule has 4 rings (SSSR count). The average Bonchev–Trinajstić information content (AvgIpc) is 2.96. The molecular weight excluding hydrogens is 342 g/mol. The molecule has 126 valence electrons. The van der Waals surface area contributed by atoms with E-state index in [1.807, 2.05) is 32.0 Å². The number of fused-ring (bicyclic) bond motifs is 2. The highest BCUT2D eigenvalue weighted by Crippen LogP contribution is 2.30. The summed E-state index contributed by atoms with van der Waals surface area (Å²) in [6.45, 7) is 4.00. The number of nitrogens with one attached hydrogen (secondary N) is 1. The Morgan fingerprint density at radius 1 is 1.29 bits per heavy atom. The number of nitrogen functional groups attached to an aromatic ring is 1. The van der Waals surface area contributed by atoms with Crippen LogP contribution in [0.5, 0.6) is 0 Å². The second-order valence-corrected chi connectivity index (χ2v) is 6.94. The van der Waals surface area contributed by atoms with Gasteiger partial charge in [-0.25, -0.2) is 15.0 Å². The molecule has 7 heteroatoms. The molecule has 2 aromatic heterocycles. The first-order valence-electron chi connectivity index (χ1n) is 8.10. The number of thiazole rings is 1. The zero-order valence-corrected chi connectivity index (χ0v) is 15.3. The molecule has 0 fully saturated rings. The van der Waals surface area contributed by atoms with Gasteiger partial charge in [0, 0.05) is 27.7 Å². The fourth-order valence-corrected chi connectivity index (χ4v) is 3.99. The minimum Gasteiger partial charge on any atom is -0.375 e. The van der Waals surface area contributed by atoms with Crippen molar-refractivity contribution in [2.24, 2.45) is 0 Å². The van der Waals surface area contributed by atoms with E-state index in [4.69, 9.17) is 17.3 Å². The summed E-state index contributed by atoms with van der Waals surface area (Å²) in [6.07, 6.45) is 4.47. The SMILES string of the molecule is CC.Nc1nc2c(s1)CC(Nc1ncnc3ccc(Cl)cc13)CC2. The molecule has 0 amide bonds. The Hall–Kier alpha value is -1.92. The predicted octanol–water partition coefficient (Wildman–Crippen LogP) is 4.32. The van der Waals surface area contributed by atoms with Crippen LogP contribution in [0, 0.1) is 0 Å². The Kier molecular flexibility index (Phi) is 5.16. The van der Waals surface area contributed by atoms with Crippen molar-refractivity contribution >= 4 is 44.8 Å². The highest BCUT2D eigenvalue weighted by Gasteiger charge is 2.22. The van der Waals surface area contributed by atoms with Crippen molar-refractivity contribution < 1.29 is 0 Å². The molecule has 3 N–H and O–H groups in total. The van der Waals surface area contributed by atoms with Crippen LogP contribution in [-0.2, 0) is 12.8 Å². The number of anilines is 2. The quantitative estimate of drug-likeness (QED) is 0.710. The second-order valence-electron chi connectivity index (χ2n) is 5.39. The van der Waals surface area contributed by atoms with Gasteiger partial charge in [-0.05, 0) is 31.0 Å². The summed E-state index contributed by atoms with van der Waals surface area (Å²) in [5.74, 6) is 0.832. The zero-order valence-electron chi connectivity index (χ0n) is 13.7. The number of benzene rings is 1. The Bertz CT molecular complexity index is 848. The third kappa shape index (κ3) is 3.44. The Balaban J connectivity index is 0.000000815. The van der Waals surface area contributed by atoms with Gasteiger partial charge in [-0.1, -0.05) is 25.4 Å². The van der Waals surface area contributed by atoms with Crippen LogP contribution in [0.2, 0.25) is 5.02 Å². The van der Waals surface area contributed by atoms with E-state index in [-0.39, 0.29) is 0 Å². The topological polar surface area (TPSA) is 76.7 Å². The van der Waals surface area contributed by atoms with E-state index >= 15 is 0 Å². The van der Waals surface area contributed by atoms with E-state index < -0.39 is 0 Å². The maximum Gasteiger partial charge on any atom is 0.180 e. The lowest BCUT2D eigenvalue weighted by Crippen LogP contribution is -2.27. The molecule has 0 bridgehead atoms. The summed E-state index contributed by atoms with van der Waals surface area (Å²) in [4.78, 5) is 14.3. The summed E-state index contributed by atoms with van der Waals surface area (Å²) in [5, 5.41) is 5.82. The van der Waals surface area contributed by atoms with E-state index in [0.29, 0.717) is 16.2 Å². The molecule has 1 unspecified atom stereocenters. The summed E-state index contributed by atoms with van der Waals surface area (Å²) < 4.78 is 0. The Morgan fingerprint density at radius 3 is 2.96 bits per heavy atom. The van der Waals surface area contributed by atoms with E-state index in [9.17, 15) is 0 Å². The highest BCUT2D eigenvalue weighted by molar-refractivity contribution is 7.15. The lowest BCUT2D eigenvalue weighted by molar-refractivity contribution is 0.608. The fraction of sp³-hybridized carbons (Fsp3) is 0.353. The minimum absolute atomic E-state index is 0.324. The van der Waals surface area contributed by atoms with Gasteiger partial charge in [-0.15, -0.1) is 11.3 Å². The number of hydrogen-bond acceptors (Lipinski definition) is 6. The zero-order chi connectivity index (χ0) is 17.1. The Labute approximate surface area is 150 Å². The normalized spacial score (nSPS) is 16.2. The number of hydrogen-bond donors (Lipinski definition) is 2. The molecule has 0 saturated heterocycles. The fourth-order valence-electron chi connectivity index (χ4n) is 2.86. The van der Waals surface area contributed by atoms with Crippen LogP contribution >= 0.6 is 22.9 Å². The van der Waals surface area contributed by atoms with Gasteiger partial charge in [0.1, 0.15) is 12.1 Å². The second kappa shape index (κ2) is 7.32. The van der Waals surface area contributed by atoms with Gasteiger partial charge in [0.2, 0.25) is 0 Å². The molecule has 1 atom stereocenters. The summed E-state index contributed by atoms with van der Waals surface area (Å²) in [6, 6.07) is 5.98. The first kappa shape index (κ1) is 16.9. The molecule has 0 radical (unpaired) electrons. The van der Waals surface area contributed by atoms with Gasteiger partial charge < -0.3 is 11.1 Å². The molecule has 1 aromatic carbocycles. The van der Waals surface area contributed by atoms with Gasteiger partial charge in [-0.2, -0.15) is 0 Å². The lowest BCUT2D eigenvalue weighted by atomic mass is 9.97.